The molecule has 0 saturated heterocycles. The van der Waals surface area contributed by atoms with Gasteiger partial charge in [0.15, 0.2) is 0 Å². The molecule has 104 valence electrons. The number of carbonyl (C=O) groups is 1. The first-order valence-corrected chi connectivity index (χ1v) is 7.18. The molecule has 1 aliphatic carbocycles. The third-order valence-corrected chi connectivity index (χ3v) is 4.27. The molecule has 0 bridgehead atoms. The maximum atomic E-state index is 12.3. The van der Waals surface area contributed by atoms with E-state index in [4.69, 9.17) is 0 Å². The van der Waals surface area contributed by atoms with Crippen LogP contribution < -0.4 is 5.32 Å². The molecule has 1 aliphatic rings. The molecule has 1 saturated carbocycles. The summed E-state index contributed by atoms with van der Waals surface area (Å²) < 4.78 is 0. The van der Waals surface area contributed by atoms with E-state index >= 15 is 0 Å². The lowest BCUT2D eigenvalue weighted by atomic mass is 9.86. The highest BCUT2D eigenvalue weighted by Crippen LogP contribution is 2.42. The van der Waals surface area contributed by atoms with E-state index in [0.717, 1.165) is 18.4 Å². The molecule has 1 aromatic carbocycles. The Labute approximate surface area is 116 Å². The fourth-order valence-electron chi connectivity index (χ4n) is 2.40. The molecule has 0 unspecified atom stereocenters. The van der Waals surface area contributed by atoms with Crippen molar-refractivity contribution in [1.29, 1.82) is 0 Å². The molecule has 0 atom stereocenters. The zero-order valence-corrected chi connectivity index (χ0v) is 12.7. The van der Waals surface area contributed by atoms with E-state index < -0.39 is 0 Å². The van der Waals surface area contributed by atoms with Crippen LogP contribution in [0.4, 0.5) is 0 Å². The Morgan fingerprint density at radius 2 is 1.68 bits per heavy atom. The monoisotopic (exact) mass is 259 g/mol. The molecule has 2 heteroatoms. The second kappa shape index (κ2) is 4.66. The van der Waals surface area contributed by atoms with Gasteiger partial charge in [0.25, 0.3) is 5.91 Å². The molecule has 0 aliphatic heterocycles. The molecule has 0 radical (unpaired) electrons. The molecule has 1 aromatic rings. The maximum absolute atomic E-state index is 12.3. The molecule has 1 fully saturated rings. The van der Waals surface area contributed by atoms with Gasteiger partial charge in [-0.2, -0.15) is 0 Å². The SMILES string of the molecule is CC(C)C1(NC(=O)c2ccc(C(C)(C)C)cc2)CC1. The largest absolute Gasteiger partial charge is 0.346 e. The van der Waals surface area contributed by atoms with Gasteiger partial charge in [-0.1, -0.05) is 46.8 Å². The van der Waals surface area contributed by atoms with Crippen LogP contribution in [0.25, 0.3) is 0 Å². The van der Waals surface area contributed by atoms with Crippen LogP contribution >= 0.6 is 0 Å². The molecule has 1 N–H and O–H groups in total. The number of rotatable bonds is 3. The number of hydrogen-bond acceptors (Lipinski definition) is 1. The molecule has 0 heterocycles. The lowest BCUT2D eigenvalue weighted by molar-refractivity contribution is 0.0918. The summed E-state index contributed by atoms with van der Waals surface area (Å²) in [5.74, 6) is 0.567. The number of carbonyl (C=O) groups excluding carboxylic acids is 1. The van der Waals surface area contributed by atoms with Crippen LogP contribution in [-0.4, -0.2) is 11.4 Å². The van der Waals surface area contributed by atoms with Crippen molar-refractivity contribution in [2.24, 2.45) is 5.92 Å². The summed E-state index contributed by atoms with van der Waals surface area (Å²) in [5.41, 5.74) is 2.21. The lowest BCUT2D eigenvalue weighted by Gasteiger charge is -2.22. The Morgan fingerprint density at radius 1 is 1.16 bits per heavy atom. The van der Waals surface area contributed by atoms with Crippen molar-refractivity contribution in [1.82, 2.24) is 5.32 Å². The average molecular weight is 259 g/mol. The van der Waals surface area contributed by atoms with Crippen LogP contribution in [-0.2, 0) is 5.41 Å². The Kier molecular flexibility index (Phi) is 3.46. The summed E-state index contributed by atoms with van der Waals surface area (Å²) in [7, 11) is 0. The highest BCUT2D eigenvalue weighted by atomic mass is 16.1. The second-order valence-electron chi connectivity index (χ2n) is 7.09. The first-order valence-electron chi connectivity index (χ1n) is 7.18. The number of hydrogen-bond donors (Lipinski definition) is 1. The van der Waals surface area contributed by atoms with Gasteiger partial charge in [-0.05, 0) is 41.9 Å². The van der Waals surface area contributed by atoms with Gasteiger partial charge in [-0.3, -0.25) is 4.79 Å². The highest BCUT2D eigenvalue weighted by Gasteiger charge is 2.46. The normalized spacial score (nSPS) is 17.4. The fourth-order valence-corrected chi connectivity index (χ4v) is 2.40. The second-order valence-corrected chi connectivity index (χ2v) is 7.09. The van der Waals surface area contributed by atoms with Crippen molar-refractivity contribution in [2.75, 3.05) is 0 Å². The van der Waals surface area contributed by atoms with Crippen LogP contribution in [0.15, 0.2) is 24.3 Å². The van der Waals surface area contributed by atoms with E-state index in [1.54, 1.807) is 0 Å². The van der Waals surface area contributed by atoms with Gasteiger partial charge in [-0.15, -0.1) is 0 Å². The standard InChI is InChI=1S/C17H25NO/c1-12(2)17(10-11-17)18-15(19)13-6-8-14(9-7-13)16(3,4)5/h6-9,12H,10-11H2,1-5H3,(H,18,19). The van der Waals surface area contributed by atoms with E-state index in [2.05, 4.69) is 52.1 Å². The third kappa shape index (κ3) is 2.99. The van der Waals surface area contributed by atoms with Gasteiger partial charge in [0.2, 0.25) is 0 Å². The third-order valence-electron chi connectivity index (χ3n) is 4.27. The molecule has 2 nitrogen and oxygen atoms in total. The van der Waals surface area contributed by atoms with Gasteiger partial charge < -0.3 is 5.32 Å². The summed E-state index contributed by atoms with van der Waals surface area (Å²) in [5, 5.41) is 3.20. The van der Waals surface area contributed by atoms with Crippen molar-refractivity contribution in [3.8, 4) is 0 Å². The minimum absolute atomic E-state index is 0.0553. The van der Waals surface area contributed by atoms with E-state index in [1.807, 2.05) is 12.1 Å². The first kappa shape index (κ1) is 14.1. The van der Waals surface area contributed by atoms with Gasteiger partial charge in [0.1, 0.15) is 0 Å². The van der Waals surface area contributed by atoms with Crippen LogP contribution in [0.2, 0.25) is 0 Å². The Morgan fingerprint density at radius 3 is 2.05 bits per heavy atom. The van der Waals surface area contributed by atoms with E-state index in [9.17, 15) is 4.79 Å². The predicted octanol–water partition coefficient (Wildman–Crippen LogP) is 3.90. The summed E-state index contributed by atoms with van der Waals surface area (Å²) >= 11 is 0. The van der Waals surface area contributed by atoms with Crippen molar-refractivity contribution in [3.05, 3.63) is 35.4 Å². The minimum atomic E-state index is 0.0553. The molecule has 0 aromatic heterocycles. The first-order chi connectivity index (χ1) is 8.74. The topological polar surface area (TPSA) is 29.1 Å². The van der Waals surface area contributed by atoms with Gasteiger partial charge in [0.05, 0.1) is 0 Å². The van der Waals surface area contributed by atoms with Gasteiger partial charge in [-0.25, -0.2) is 0 Å². The molecule has 19 heavy (non-hydrogen) atoms. The van der Waals surface area contributed by atoms with E-state index in [1.165, 1.54) is 5.56 Å². The molecular weight excluding hydrogens is 234 g/mol. The summed E-state index contributed by atoms with van der Waals surface area (Å²) in [4.78, 5) is 12.3. The van der Waals surface area contributed by atoms with Crippen molar-refractivity contribution >= 4 is 5.91 Å². The van der Waals surface area contributed by atoms with Crippen LogP contribution in [0.1, 0.15) is 63.4 Å². The molecular formula is C17H25NO. The van der Waals surface area contributed by atoms with Crippen LogP contribution in [0, 0.1) is 5.92 Å². The summed E-state index contributed by atoms with van der Waals surface area (Å²) in [6.07, 6.45) is 2.22. The number of benzene rings is 1. The Hall–Kier alpha value is -1.31. The number of amides is 1. The van der Waals surface area contributed by atoms with E-state index in [0.29, 0.717) is 5.92 Å². The van der Waals surface area contributed by atoms with Crippen molar-refractivity contribution in [2.45, 2.75) is 58.4 Å². The fraction of sp³-hybridized carbons (Fsp3) is 0.588. The Bertz CT molecular complexity index is 461. The smallest absolute Gasteiger partial charge is 0.251 e. The zero-order chi connectivity index (χ0) is 14.3. The maximum Gasteiger partial charge on any atom is 0.251 e. The predicted molar refractivity (Wildman–Crippen MR) is 79.4 cm³/mol. The van der Waals surface area contributed by atoms with Crippen LogP contribution in [0.3, 0.4) is 0 Å². The molecule has 0 spiro atoms. The lowest BCUT2D eigenvalue weighted by Crippen LogP contribution is -2.40. The average Bonchev–Trinajstić information content (AvgIpc) is 3.09. The highest BCUT2D eigenvalue weighted by molar-refractivity contribution is 5.95. The van der Waals surface area contributed by atoms with E-state index in [-0.39, 0.29) is 16.9 Å². The van der Waals surface area contributed by atoms with Crippen LogP contribution in [0.5, 0.6) is 0 Å². The number of nitrogens with one attached hydrogen (secondary N) is 1. The molecule has 2 rings (SSSR count). The van der Waals surface area contributed by atoms with Crippen molar-refractivity contribution in [3.63, 3.8) is 0 Å². The minimum Gasteiger partial charge on any atom is -0.346 e. The summed E-state index contributed by atoms with van der Waals surface area (Å²) in [6, 6.07) is 7.99. The van der Waals surface area contributed by atoms with Crippen molar-refractivity contribution < 1.29 is 4.79 Å². The van der Waals surface area contributed by atoms with Gasteiger partial charge in [0, 0.05) is 11.1 Å². The summed E-state index contributed by atoms with van der Waals surface area (Å²) in [6.45, 7) is 10.9. The quantitative estimate of drug-likeness (QED) is 0.876. The molecule has 1 amide bonds. The zero-order valence-electron chi connectivity index (χ0n) is 12.7. The Balaban J connectivity index is 2.09. The van der Waals surface area contributed by atoms with Gasteiger partial charge >= 0.3 is 0 Å².